The lowest BCUT2D eigenvalue weighted by atomic mass is 10.1. The minimum absolute atomic E-state index is 0.0370. The van der Waals surface area contributed by atoms with Crippen LogP contribution in [0.3, 0.4) is 0 Å². The Bertz CT molecular complexity index is 868. The van der Waals surface area contributed by atoms with Crippen LogP contribution >= 0.6 is 11.6 Å². The average molecular weight is 418 g/mol. The van der Waals surface area contributed by atoms with Gasteiger partial charge < -0.3 is 24.6 Å². The van der Waals surface area contributed by atoms with Crippen molar-refractivity contribution in [2.24, 2.45) is 0 Å². The Balaban J connectivity index is 1.28. The molecule has 2 aromatic rings. The van der Waals surface area contributed by atoms with Crippen molar-refractivity contribution in [1.82, 2.24) is 0 Å². The summed E-state index contributed by atoms with van der Waals surface area (Å²) in [5, 5.41) is 3.82. The van der Waals surface area contributed by atoms with E-state index in [4.69, 9.17) is 21.1 Å². The number of piperazine rings is 1. The standard InChI is InChI=1S/C22H26ClN3O3/c1-16(22(27)24-19-5-6-20-21(14-19)29-12-11-28-20)26-9-7-25(8-10-26)15-17-3-2-4-18(23)13-17/h2-6,13-14,16H,7-12,15H2,1H3,(H,24,27)/p+2/t16-/m1/s1. The number of hydrogen-bond donors (Lipinski definition) is 3. The number of ether oxygens (including phenoxy) is 2. The third-order valence-electron chi connectivity index (χ3n) is 5.76. The van der Waals surface area contributed by atoms with Crippen LogP contribution in [-0.2, 0) is 11.3 Å². The van der Waals surface area contributed by atoms with E-state index in [2.05, 4.69) is 11.4 Å². The molecule has 7 heteroatoms. The number of nitrogens with one attached hydrogen (secondary N) is 3. The van der Waals surface area contributed by atoms with E-state index in [9.17, 15) is 4.79 Å². The minimum Gasteiger partial charge on any atom is -0.486 e. The Labute approximate surface area is 176 Å². The summed E-state index contributed by atoms with van der Waals surface area (Å²) < 4.78 is 11.1. The molecule has 29 heavy (non-hydrogen) atoms. The number of hydrogen-bond acceptors (Lipinski definition) is 3. The molecule has 154 valence electrons. The van der Waals surface area contributed by atoms with Gasteiger partial charge in [0, 0.05) is 22.3 Å². The van der Waals surface area contributed by atoms with Gasteiger partial charge >= 0.3 is 0 Å². The van der Waals surface area contributed by atoms with Crippen molar-refractivity contribution in [3.05, 3.63) is 53.1 Å². The van der Waals surface area contributed by atoms with E-state index in [-0.39, 0.29) is 11.9 Å². The largest absolute Gasteiger partial charge is 0.486 e. The number of rotatable bonds is 5. The third kappa shape index (κ3) is 5.01. The van der Waals surface area contributed by atoms with Crippen LogP contribution in [0.4, 0.5) is 5.69 Å². The van der Waals surface area contributed by atoms with Crippen molar-refractivity contribution in [3.8, 4) is 11.5 Å². The number of carbonyl (C=O) groups is 1. The number of halogens is 1. The van der Waals surface area contributed by atoms with Gasteiger partial charge in [-0.15, -0.1) is 0 Å². The van der Waals surface area contributed by atoms with Crippen LogP contribution in [0.15, 0.2) is 42.5 Å². The lowest BCUT2D eigenvalue weighted by molar-refractivity contribution is -1.02. The van der Waals surface area contributed by atoms with E-state index in [0.29, 0.717) is 19.0 Å². The molecule has 2 heterocycles. The first kappa shape index (κ1) is 20.0. The van der Waals surface area contributed by atoms with Gasteiger partial charge in [0.15, 0.2) is 17.5 Å². The molecule has 2 aliphatic rings. The molecule has 0 unspecified atom stereocenters. The van der Waals surface area contributed by atoms with E-state index in [1.165, 1.54) is 15.4 Å². The maximum atomic E-state index is 12.8. The fraction of sp³-hybridized carbons (Fsp3) is 0.409. The zero-order valence-corrected chi connectivity index (χ0v) is 17.4. The number of fused-ring (bicyclic) bond motifs is 1. The van der Waals surface area contributed by atoms with Gasteiger partial charge in [-0.2, -0.15) is 0 Å². The summed E-state index contributed by atoms with van der Waals surface area (Å²) in [5.41, 5.74) is 2.01. The zero-order chi connectivity index (χ0) is 20.2. The quantitative estimate of drug-likeness (QED) is 0.661. The molecule has 1 fully saturated rings. The fourth-order valence-electron chi connectivity index (χ4n) is 4.03. The minimum atomic E-state index is -0.101. The van der Waals surface area contributed by atoms with E-state index < -0.39 is 0 Å². The van der Waals surface area contributed by atoms with Gasteiger partial charge in [-0.05, 0) is 31.2 Å². The average Bonchev–Trinajstić information content (AvgIpc) is 2.74. The highest BCUT2D eigenvalue weighted by Crippen LogP contribution is 2.32. The summed E-state index contributed by atoms with van der Waals surface area (Å²) in [7, 11) is 0. The molecule has 6 nitrogen and oxygen atoms in total. The molecule has 0 bridgehead atoms. The molecule has 1 amide bonds. The van der Waals surface area contributed by atoms with Crippen molar-refractivity contribution in [2.45, 2.75) is 19.5 Å². The predicted octanol–water partition coefficient (Wildman–Crippen LogP) is 0.422. The summed E-state index contributed by atoms with van der Waals surface area (Å²) in [6, 6.07) is 13.5. The summed E-state index contributed by atoms with van der Waals surface area (Å²) >= 11 is 6.10. The number of benzene rings is 2. The highest BCUT2D eigenvalue weighted by molar-refractivity contribution is 6.30. The van der Waals surface area contributed by atoms with Crippen LogP contribution in [0.25, 0.3) is 0 Å². The Morgan fingerprint density at radius 3 is 2.59 bits per heavy atom. The molecule has 1 atom stereocenters. The lowest BCUT2D eigenvalue weighted by Crippen LogP contribution is -3.29. The zero-order valence-electron chi connectivity index (χ0n) is 16.7. The molecular formula is C22H28ClN3O3+2. The van der Waals surface area contributed by atoms with Gasteiger partial charge in [0.1, 0.15) is 45.9 Å². The number of anilines is 1. The normalized spacial score (nSPS) is 22.0. The Morgan fingerprint density at radius 1 is 1.07 bits per heavy atom. The number of amides is 1. The van der Waals surface area contributed by atoms with Crippen molar-refractivity contribution in [2.75, 3.05) is 44.7 Å². The maximum absolute atomic E-state index is 12.8. The fourth-order valence-corrected chi connectivity index (χ4v) is 4.24. The number of carbonyl (C=O) groups excluding carboxylic acids is 1. The molecule has 2 aliphatic heterocycles. The predicted molar refractivity (Wildman–Crippen MR) is 112 cm³/mol. The van der Waals surface area contributed by atoms with Gasteiger partial charge in [0.2, 0.25) is 0 Å². The van der Waals surface area contributed by atoms with E-state index in [1.54, 1.807) is 0 Å². The van der Waals surface area contributed by atoms with Gasteiger partial charge in [0.25, 0.3) is 5.91 Å². The van der Waals surface area contributed by atoms with Crippen LogP contribution in [0.1, 0.15) is 12.5 Å². The van der Waals surface area contributed by atoms with Gasteiger partial charge in [0.05, 0.1) is 0 Å². The molecule has 2 aromatic carbocycles. The van der Waals surface area contributed by atoms with Crippen molar-refractivity contribution in [1.29, 1.82) is 0 Å². The molecule has 1 saturated heterocycles. The van der Waals surface area contributed by atoms with Crippen molar-refractivity contribution < 1.29 is 24.1 Å². The van der Waals surface area contributed by atoms with Crippen LogP contribution in [0, 0.1) is 0 Å². The van der Waals surface area contributed by atoms with Gasteiger partial charge in [-0.3, -0.25) is 4.79 Å². The first-order valence-corrected chi connectivity index (χ1v) is 10.6. The van der Waals surface area contributed by atoms with Gasteiger partial charge in [-0.25, -0.2) is 0 Å². The van der Waals surface area contributed by atoms with Crippen LogP contribution < -0.4 is 24.6 Å². The first-order chi connectivity index (χ1) is 14.1. The smallest absolute Gasteiger partial charge is 0.282 e. The summed E-state index contributed by atoms with van der Waals surface area (Å²) in [6.07, 6.45) is 0. The molecule has 4 rings (SSSR count). The Hall–Kier alpha value is -2.28. The van der Waals surface area contributed by atoms with Crippen LogP contribution in [0.5, 0.6) is 11.5 Å². The summed E-state index contributed by atoms with van der Waals surface area (Å²) in [4.78, 5) is 15.6. The molecule has 0 radical (unpaired) electrons. The molecular weight excluding hydrogens is 390 g/mol. The topological polar surface area (TPSA) is 56.4 Å². The van der Waals surface area contributed by atoms with Gasteiger partial charge in [-0.1, -0.05) is 23.7 Å². The van der Waals surface area contributed by atoms with E-state index in [0.717, 1.165) is 49.2 Å². The summed E-state index contributed by atoms with van der Waals surface area (Å²) in [5.74, 6) is 1.45. The van der Waals surface area contributed by atoms with Crippen molar-refractivity contribution in [3.63, 3.8) is 0 Å². The highest BCUT2D eigenvalue weighted by Gasteiger charge is 2.31. The Kier molecular flexibility index (Phi) is 6.23. The van der Waals surface area contributed by atoms with E-state index in [1.807, 2.05) is 43.3 Å². The monoisotopic (exact) mass is 417 g/mol. The highest BCUT2D eigenvalue weighted by atomic mass is 35.5. The van der Waals surface area contributed by atoms with Crippen LogP contribution in [0.2, 0.25) is 5.02 Å². The maximum Gasteiger partial charge on any atom is 0.282 e. The second-order valence-electron chi connectivity index (χ2n) is 7.78. The Morgan fingerprint density at radius 2 is 1.83 bits per heavy atom. The molecule has 0 aromatic heterocycles. The SMILES string of the molecule is C[C@H](C(=O)Nc1ccc2c(c1)OCCO2)[NH+]1CC[NH+](Cc2cccc(Cl)c2)CC1. The molecule has 0 aliphatic carbocycles. The summed E-state index contributed by atoms with van der Waals surface area (Å²) in [6.45, 7) is 8.12. The van der Waals surface area contributed by atoms with Crippen molar-refractivity contribution >= 4 is 23.2 Å². The first-order valence-electron chi connectivity index (χ1n) is 10.2. The molecule has 0 saturated carbocycles. The number of quaternary nitrogens is 2. The second-order valence-corrected chi connectivity index (χ2v) is 8.22. The second kappa shape index (κ2) is 9.03. The third-order valence-corrected chi connectivity index (χ3v) is 5.99. The van der Waals surface area contributed by atoms with Crippen LogP contribution in [-0.4, -0.2) is 51.3 Å². The lowest BCUT2D eigenvalue weighted by Gasteiger charge is -2.32. The molecule has 3 N–H and O–H groups in total. The van der Waals surface area contributed by atoms with E-state index >= 15 is 0 Å². The molecule has 0 spiro atoms.